The van der Waals surface area contributed by atoms with E-state index in [0.717, 1.165) is 6.92 Å². The summed E-state index contributed by atoms with van der Waals surface area (Å²) in [6, 6.07) is 0. The molecule has 0 aliphatic rings. The van der Waals surface area contributed by atoms with Crippen LogP contribution in [-0.4, -0.2) is 65.7 Å². The minimum Gasteiger partial charge on any atom is -0.452 e. The maximum absolute atomic E-state index is 10.6. The number of ether oxygens (including phenoxy) is 2. The zero-order valence-corrected chi connectivity index (χ0v) is 9.07. The molecule has 0 saturated heterocycles. The standard InChI is InChI=1S/C9H16O7/c1-5(12)16-7(4-11)8(14)9(15-2)6(13)3-10/h4,6-10,13-14H,3H2,1-2H3. The molecule has 0 rings (SSSR count). The first-order valence-corrected chi connectivity index (χ1v) is 4.60. The van der Waals surface area contributed by atoms with Gasteiger partial charge in [0.1, 0.15) is 18.3 Å². The summed E-state index contributed by atoms with van der Waals surface area (Å²) in [4.78, 5) is 21.2. The average Bonchev–Trinajstić information content (AvgIpc) is 2.25. The highest BCUT2D eigenvalue weighted by atomic mass is 16.6. The zero-order valence-electron chi connectivity index (χ0n) is 9.07. The summed E-state index contributed by atoms with van der Waals surface area (Å²) < 4.78 is 9.23. The molecule has 16 heavy (non-hydrogen) atoms. The molecule has 0 aromatic rings. The molecule has 0 aromatic heterocycles. The van der Waals surface area contributed by atoms with E-state index in [-0.39, 0.29) is 6.29 Å². The van der Waals surface area contributed by atoms with Crippen molar-refractivity contribution in [3.05, 3.63) is 0 Å². The highest BCUT2D eigenvalue weighted by Crippen LogP contribution is 2.10. The van der Waals surface area contributed by atoms with Crippen LogP contribution in [0, 0.1) is 0 Å². The molecule has 0 aromatic carbocycles. The van der Waals surface area contributed by atoms with Gasteiger partial charge in [-0.1, -0.05) is 0 Å². The van der Waals surface area contributed by atoms with Gasteiger partial charge in [0.2, 0.25) is 0 Å². The van der Waals surface area contributed by atoms with Gasteiger partial charge in [0.15, 0.2) is 12.4 Å². The van der Waals surface area contributed by atoms with Crippen LogP contribution < -0.4 is 0 Å². The maximum Gasteiger partial charge on any atom is 0.303 e. The van der Waals surface area contributed by atoms with Crippen molar-refractivity contribution in [1.82, 2.24) is 0 Å². The summed E-state index contributed by atoms with van der Waals surface area (Å²) >= 11 is 0. The number of hydrogen-bond donors (Lipinski definition) is 3. The van der Waals surface area contributed by atoms with Gasteiger partial charge in [-0.3, -0.25) is 9.59 Å². The number of aliphatic hydroxyl groups is 3. The summed E-state index contributed by atoms with van der Waals surface area (Å²) in [6.07, 6.45) is -5.36. The second-order valence-electron chi connectivity index (χ2n) is 3.15. The van der Waals surface area contributed by atoms with Gasteiger partial charge in [-0.15, -0.1) is 0 Å². The summed E-state index contributed by atoms with van der Waals surface area (Å²) in [5, 5.41) is 27.6. The van der Waals surface area contributed by atoms with Crippen LogP contribution in [0.5, 0.6) is 0 Å². The smallest absolute Gasteiger partial charge is 0.303 e. The second kappa shape index (κ2) is 7.29. The monoisotopic (exact) mass is 236 g/mol. The van der Waals surface area contributed by atoms with E-state index in [1.54, 1.807) is 0 Å². The van der Waals surface area contributed by atoms with Crippen molar-refractivity contribution < 1.29 is 34.4 Å². The quantitative estimate of drug-likeness (QED) is 0.341. The lowest BCUT2D eigenvalue weighted by atomic mass is 10.0. The molecule has 0 saturated carbocycles. The lowest BCUT2D eigenvalue weighted by Crippen LogP contribution is -2.48. The number of esters is 1. The second-order valence-corrected chi connectivity index (χ2v) is 3.15. The van der Waals surface area contributed by atoms with E-state index < -0.39 is 37.0 Å². The van der Waals surface area contributed by atoms with Crippen LogP contribution in [0.4, 0.5) is 0 Å². The lowest BCUT2D eigenvalue weighted by molar-refractivity contribution is -0.169. The molecule has 0 amide bonds. The molecule has 7 heteroatoms. The van der Waals surface area contributed by atoms with Crippen LogP contribution in [0.3, 0.4) is 0 Å². The molecule has 3 N–H and O–H groups in total. The molecule has 0 radical (unpaired) electrons. The predicted octanol–water partition coefficient (Wildman–Crippen LogP) is -2.15. The Morgan fingerprint density at radius 2 is 2.00 bits per heavy atom. The van der Waals surface area contributed by atoms with E-state index in [9.17, 15) is 19.8 Å². The molecule has 0 bridgehead atoms. The minimum atomic E-state index is -1.55. The van der Waals surface area contributed by atoms with Crippen LogP contribution in [0.15, 0.2) is 0 Å². The lowest BCUT2D eigenvalue weighted by Gasteiger charge is -2.27. The first kappa shape index (κ1) is 15.0. The summed E-state index contributed by atoms with van der Waals surface area (Å²) in [6.45, 7) is 0.425. The van der Waals surface area contributed by atoms with Crippen LogP contribution >= 0.6 is 0 Å². The fourth-order valence-corrected chi connectivity index (χ4v) is 1.18. The van der Waals surface area contributed by atoms with Crippen molar-refractivity contribution in [2.75, 3.05) is 13.7 Å². The third kappa shape index (κ3) is 4.23. The Morgan fingerprint density at radius 1 is 1.44 bits per heavy atom. The zero-order chi connectivity index (χ0) is 12.7. The van der Waals surface area contributed by atoms with Gasteiger partial charge in [0, 0.05) is 14.0 Å². The summed E-state index contributed by atoms with van der Waals surface area (Å²) in [5.74, 6) is -0.746. The van der Waals surface area contributed by atoms with E-state index >= 15 is 0 Å². The molecule has 4 atom stereocenters. The van der Waals surface area contributed by atoms with Crippen molar-refractivity contribution >= 4 is 12.3 Å². The number of hydrogen-bond acceptors (Lipinski definition) is 7. The maximum atomic E-state index is 10.6. The Balaban J connectivity index is 4.61. The van der Waals surface area contributed by atoms with Gasteiger partial charge in [-0.05, 0) is 0 Å². The molecule has 7 nitrogen and oxygen atoms in total. The number of aliphatic hydroxyl groups excluding tert-OH is 3. The number of carbonyl (C=O) groups is 2. The van der Waals surface area contributed by atoms with Crippen LogP contribution in [0.25, 0.3) is 0 Å². The van der Waals surface area contributed by atoms with Crippen LogP contribution in [0.1, 0.15) is 6.92 Å². The van der Waals surface area contributed by atoms with Gasteiger partial charge in [0.05, 0.1) is 6.61 Å². The fraction of sp³-hybridized carbons (Fsp3) is 0.778. The van der Waals surface area contributed by atoms with Gasteiger partial charge in [0.25, 0.3) is 0 Å². The molecule has 0 aliphatic heterocycles. The van der Waals surface area contributed by atoms with E-state index in [0.29, 0.717) is 0 Å². The Kier molecular flexibility index (Phi) is 6.82. The third-order valence-corrected chi connectivity index (χ3v) is 1.95. The minimum absolute atomic E-state index is 0.224. The summed E-state index contributed by atoms with van der Waals surface area (Å²) in [5.41, 5.74) is 0. The van der Waals surface area contributed by atoms with Gasteiger partial charge in [-0.2, -0.15) is 0 Å². The van der Waals surface area contributed by atoms with Crippen molar-refractivity contribution in [3.8, 4) is 0 Å². The SMILES string of the molecule is COC(C(O)CO)C(O)C(C=O)OC(C)=O. The molecule has 0 aliphatic carbocycles. The average molecular weight is 236 g/mol. The largest absolute Gasteiger partial charge is 0.452 e. The van der Waals surface area contributed by atoms with Crippen molar-refractivity contribution in [3.63, 3.8) is 0 Å². The van der Waals surface area contributed by atoms with Crippen molar-refractivity contribution in [2.45, 2.75) is 31.3 Å². The Labute approximate surface area is 92.6 Å². The molecular formula is C9H16O7. The van der Waals surface area contributed by atoms with E-state index in [4.69, 9.17) is 9.84 Å². The first-order chi connectivity index (χ1) is 7.47. The number of aldehydes is 1. The molecular weight excluding hydrogens is 220 g/mol. The molecule has 4 unspecified atom stereocenters. The molecule has 94 valence electrons. The van der Waals surface area contributed by atoms with Gasteiger partial charge in [-0.25, -0.2) is 0 Å². The van der Waals surface area contributed by atoms with Gasteiger partial charge < -0.3 is 24.8 Å². The number of methoxy groups -OCH3 is 1. The molecule has 0 spiro atoms. The highest BCUT2D eigenvalue weighted by molar-refractivity contribution is 5.70. The van der Waals surface area contributed by atoms with Crippen LogP contribution in [-0.2, 0) is 19.1 Å². The van der Waals surface area contributed by atoms with E-state index in [1.165, 1.54) is 7.11 Å². The van der Waals surface area contributed by atoms with Gasteiger partial charge >= 0.3 is 5.97 Å². The normalized spacial score (nSPS) is 18.3. The Bertz CT molecular complexity index is 230. The molecule has 0 fully saturated rings. The van der Waals surface area contributed by atoms with E-state index in [2.05, 4.69) is 4.74 Å². The number of rotatable bonds is 7. The fourth-order valence-electron chi connectivity index (χ4n) is 1.18. The third-order valence-electron chi connectivity index (χ3n) is 1.95. The molecule has 0 heterocycles. The Morgan fingerprint density at radius 3 is 2.31 bits per heavy atom. The van der Waals surface area contributed by atoms with Crippen molar-refractivity contribution in [1.29, 1.82) is 0 Å². The predicted molar refractivity (Wildman–Crippen MR) is 51.5 cm³/mol. The highest BCUT2D eigenvalue weighted by Gasteiger charge is 2.34. The van der Waals surface area contributed by atoms with Crippen molar-refractivity contribution in [2.24, 2.45) is 0 Å². The van der Waals surface area contributed by atoms with Crippen LogP contribution in [0.2, 0.25) is 0 Å². The number of carbonyl (C=O) groups excluding carboxylic acids is 2. The van der Waals surface area contributed by atoms with E-state index in [1.807, 2.05) is 0 Å². The summed E-state index contributed by atoms with van der Waals surface area (Å²) in [7, 11) is 1.18. The topological polar surface area (TPSA) is 113 Å². The first-order valence-electron chi connectivity index (χ1n) is 4.60. The Hall–Kier alpha value is -1.02.